The van der Waals surface area contributed by atoms with Crippen LogP contribution in [0.15, 0.2) is 54.6 Å². The minimum Gasteiger partial charge on any atom is -0.391 e. The normalized spacial score (nSPS) is 18.5. The first-order chi connectivity index (χ1) is 10.2. The molecular formula is C18H19NO2. The molecule has 21 heavy (non-hydrogen) atoms. The highest BCUT2D eigenvalue weighted by Crippen LogP contribution is 2.21. The molecule has 1 amide bonds. The molecule has 1 aliphatic heterocycles. The van der Waals surface area contributed by atoms with Crippen LogP contribution in [-0.2, 0) is 0 Å². The Morgan fingerprint density at radius 2 is 1.81 bits per heavy atom. The Morgan fingerprint density at radius 3 is 2.57 bits per heavy atom. The fourth-order valence-corrected chi connectivity index (χ4v) is 2.78. The predicted molar refractivity (Wildman–Crippen MR) is 83.0 cm³/mol. The first-order valence-corrected chi connectivity index (χ1v) is 7.37. The number of carbonyl (C=O) groups is 1. The molecule has 1 saturated heterocycles. The van der Waals surface area contributed by atoms with Crippen molar-refractivity contribution in [3.8, 4) is 11.1 Å². The van der Waals surface area contributed by atoms with E-state index in [1.54, 1.807) is 4.90 Å². The van der Waals surface area contributed by atoms with E-state index in [-0.39, 0.29) is 12.0 Å². The Balaban J connectivity index is 1.84. The van der Waals surface area contributed by atoms with E-state index in [4.69, 9.17) is 0 Å². The highest BCUT2D eigenvalue weighted by Gasteiger charge is 2.23. The average Bonchev–Trinajstić information content (AvgIpc) is 2.55. The van der Waals surface area contributed by atoms with Crippen molar-refractivity contribution < 1.29 is 9.90 Å². The summed E-state index contributed by atoms with van der Waals surface area (Å²) in [5.74, 6) is 0.00605. The lowest BCUT2D eigenvalue weighted by atomic mass is 10.0. The number of aliphatic hydroxyl groups is 1. The van der Waals surface area contributed by atoms with Crippen LogP contribution in [0.2, 0.25) is 0 Å². The van der Waals surface area contributed by atoms with Gasteiger partial charge in [0.15, 0.2) is 0 Å². The van der Waals surface area contributed by atoms with Crippen LogP contribution in [0.5, 0.6) is 0 Å². The van der Waals surface area contributed by atoms with Crippen molar-refractivity contribution in [1.82, 2.24) is 4.90 Å². The van der Waals surface area contributed by atoms with Crippen molar-refractivity contribution in [3.05, 3.63) is 60.2 Å². The van der Waals surface area contributed by atoms with Crippen molar-refractivity contribution in [1.29, 1.82) is 0 Å². The zero-order valence-corrected chi connectivity index (χ0v) is 11.9. The molecule has 0 aliphatic carbocycles. The molecule has 1 atom stereocenters. The van der Waals surface area contributed by atoms with Crippen LogP contribution in [0.4, 0.5) is 0 Å². The second kappa shape index (κ2) is 6.10. The van der Waals surface area contributed by atoms with Crippen molar-refractivity contribution in [3.63, 3.8) is 0 Å². The van der Waals surface area contributed by atoms with Gasteiger partial charge in [0.1, 0.15) is 0 Å². The molecule has 3 heteroatoms. The summed E-state index contributed by atoms with van der Waals surface area (Å²) < 4.78 is 0. The van der Waals surface area contributed by atoms with Gasteiger partial charge in [-0.15, -0.1) is 0 Å². The lowest BCUT2D eigenvalue weighted by Crippen LogP contribution is -2.42. The number of carbonyl (C=O) groups excluding carboxylic acids is 1. The fourth-order valence-electron chi connectivity index (χ4n) is 2.78. The molecule has 0 radical (unpaired) electrons. The standard InChI is InChI=1S/C18H19NO2/c20-17-10-5-11-19(13-17)18(21)16-9-4-8-15(12-16)14-6-2-1-3-7-14/h1-4,6-9,12,17,20H,5,10-11,13H2. The van der Waals surface area contributed by atoms with Crippen molar-refractivity contribution >= 4 is 5.91 Å². The predicted octanol–water partition coefficient (Wildman–Crippen LogP) is 2.95. The lowest BCUT2D eigenvalue weighted by molar-refractivity contribution is 0.0474. The van der Waals surface area contributed by atoms with E-state index in [2.05, 4.69) is 0 Å². The van der Waals surface area contributed by atoms with Crippen LogP contribution in [0.3, 0.4) is 0 Å². The number of β-amino-alcohol motifs (C(OH)–C–C–N with tert-alkyl or cyclic N) is 1. The summed E-state index contributed by atoms with van der Waals surface area (Å²) in [6.07, 6.45) is 1.26. The Morgan fingerprint density at radius 1 is 1.05 bits per heavy atom. The molecule has 0 spiro atoms. The van der Waals surface area contributed by atoms with E-state index in [9.17, 15) is 9.90 Å². The number of rotatable bonds is 2. The molecule has 3 nitrogen and oxygen atoms in total. The fraction of sp³-hybridized carbons (Fsp3) is 0.278. The van der Waals surface area contributed by atoms with Gasteiger partial charge in [0.2, 0.25) is 0 Å². The highest BCUT2D eigenvalue weighted by molar-refractivity contribution is 5.95. The van der Waals surface area contributed by atoms with Crippen molar-refractivity contribution in [2.75, 3.05) is 13.1 Å². The van der Waals surface area contributed by atoms with Gasteiger partial charge in [0.05, 0.1) is 6.10 Å². The van der Waals surface area contributed by atoms with E-state index >= 15 is 0 Å². The molecule has 1 unspecified atom stereocenters. The first kappa shape index (κ1) is 13.8. The van der Waals surface area contributed by atoms with Gasteiger partial charge in [-0.25, -0.2) is 0 Å². The smallest absolute Gasteiger partial charge is 0.253 e. The molecule has 0 saturated carbocycles. The summed E-state index contributed by atoms with van der Waals surface area (Å²) >= 11 is 0. The molecule has 1 N–H and O–H groups in total. The third kappa shape index (κ3) is 3.14. The number of hydrogen-bond acceptors (Lipinski definition) is 2. The SMILES string of the molecule is O=C(c1cccc(-c2ccccc2)c1)N1CCCC(O)C1. The maximum Gasteiger partial charge on any atom is 0.253 e. The molecular weight excluding hydrogens is 262 g/mol. The summed E-state index contributed by atoms with van der Waals surface area (Å²) in [6.45, 7) is 1.17. The summed E-state index contributed by atoms with van der Waals surface area (Å²) in [7, 11) is 0. The van der Waals surface area contributed by atoms with E-state index in [1.807, 2.05) is 54.6 Å². The molecule has 108 valence electrons. The van der Waals surface area contributed by atoms with Gasteiger partial charge in [0.25, 0.3) is 5.91 Å². The van der Waals surface area contributed by atoms with E-state index in [0.29, 0.717) is 12.1 Å². The molecule has 0 aromatic heterocycles. The maximum atomic E-state index is 12.5. The molecule has 0 bridgehead atoms. The monoisotopic (exact) mass is 281 g/mol. The van der Waals surface area contributed by atoms with Gasteiger partial charge in [-0.05, 0) is 36.1 Å². The van der Waals surface area contributed by atoms with Crippen LogP contribution in [0.25, 0.3) is 11.1 Å². The molecule has 1 aliphatic rings. The van der Waals surface area contributed by atoms with E-state index in [0.717, 1.165) is 30.5 Å². The highest BCUT2D eigenvalue weighted by atomic mass is 16.3. The Labute approximate surface area is 124 Å². The van der Waals surface area contributed by atoms with Crippen LogP contribution in [0, 0.1) is 0 Å². The maximum absolute atomic E-state index is 12.5. The van der Waals surface area contributed by atoms with Crippen LogP contribution in [0.1, 0.15) is 23.2 Å². The number of nitrogens with zero attached hydrogens (tertiary/aromatic N) is 1. The van der Waals surface area contributed by atoms with Crippen LogP contribution in [-0.4, -0.2) is 35.1 Å². The van der Waals surface area contributed by atoms with E-state index in [1.165, 1.54) is 0 Å². The third-order valence-corrected chi connectivity index (χ3v) is 3.90. The summed E-state index contributed by atoms with van der Waals surface area (Å²) in [5, 5.41) is 9.71. The second-order valence-electron chi connectivity index (χ2n) is 5.49. The molecule has 2 aromatic rings. The minimum atomic E-state index is -0.389. The molecule has 3 rings (SSSR count). The number of aliphatic hydroxyl groups excluding tert-OH is 1. The third-order valence-electron chi connectivity index (χ3n) is 3.90. The van der Waals surface area contributed by atoms with Crippen LogP contribution < -0.4 is 0 Å². The van der Waals surface area contributed by atoms with E-state index < -0.39 is 0 Å². The summed E-state index contributed by atoms with van der Waals surface area (Å²) in [4.78, 5) is 14.3. The number of piperidine rings is 1. The number of amides is 1. The molecule has 2 aromatic carbocycles. The first-order valence-electron chi connectivity index (χ1n) is 7.37. The van der Waals surface area contributed by atoms with Gasteiger partial charge in [-0.3, -0.25) is 4.79 Å². The number of benzene rings is 2. The zero-order valence-electron chi connectivity index (χ0n) is 11.9. The number of hydrogen-bond donors (Lipinski definition) is 1. The number of likely N-dealkylation sites (tertiary alicyclic amines) is 1. The zero-order chi connectivity index (χ0) is 14.7. The quantitative estimate of drug-likeness (QED) is 0.919. The largest absolute Gasteiger partial charge is 0.391 e. The Bertz CT molecular complexity index is 624. The van der Waals surface area contributed by atoms with Gasteiger partial charge >= 0.3 is 0 Å². The minimum absolute atomic E-state index is 0.00605. The lowest BCUT2D eigenvalue weighted by Gasteiger charge is -2.30. The Kier molecular flexibility index (Phi) is 4.02. The van der Waals surface area contributed by atoms with Gasteiger partial charge in [0, 0.05) is 18.7 Å². The average molecular weight is 281 g/mol. The Hall–Kier alpha value is -2.13. The molecule has 1 heterocycles. The van der Waals surface area contributed by atoms with Gasteiger partial charge < -0.3 is 10.0 Å². The van der Waals surface area contributed by atoms with Gasteiger partial charge in [-0.2, -0.15) is 0 Å². The van der Waals surface area contributed by atoms with Gasteiger partial charge in [-0.1, -0.05) is 42.5 Å². The topological polar surface area (TPSA) is 40.5 Å². The second-order valence-corrected chi connectivity index (χ2v) is 5.49. The summed E-state index contributed by atoms with van der Waals surface area (Å²) in [5.41, 5.74) is 2.83. The van der Waals surface area contributed by atoms with Crippen LogP contribution >= 0.6 is 0 Å². The summed E-state index contributed by atoms with van der Waals surface area (Å²) in [6, 6.07) is 17.7. The molecule has 1 fully saturated rings. The van der Waals surface area contributed by atoms with Crippen molar-refractivity contribution in [2.24, 2.45) is 0 Å². The van der Waals surface area contributed by atoms with Crippen molar-refractivity contribution in [2.45, 2.75) is 18.9 Å².